The van der Waals surface area contributed by atoms with Crippen molar-refractivity contribution in [3.05, 3.63) is 35.4 Å². The molecule has 1 heterocycles. The van der Waals surface area contributed by atoms with Gasteiger partial charge in [-0.2, -0.15) is 0 Å². The molecule has 0 radical (unpaired) electrons. The van der Waals surface area contributed by atoms with E-state index in [2.05, 4.69) is 60.6 Å². The number of piperidine rings is 1. The minimum absolute atomic E-state index is 0. The molecule has 0 amide bonds. The molecule has 0 spiro atoms. The fourth-order valence-electron chi connectivity index (χ4n) is 3.48. The number of likely N-dealkylation sites (tertiary alicyclic amines) is 1. The van der Waals surface area contributed by atoms with Crippen LogP contribution in [0.25, 0.3) is 0 Å². The lowest BCUT2D eigenvalue weighted by atomic mass is 10.0. The molecule has 28 heavy (non-hydrogen) atoms. The minimum atomic E-state index is 0. The van der Waals surface area contributed by atoms with E-state index in [0.717, 1.165) is 51.7 Å². The summed E-state index contributed by atoms with van der Waals surface area (Å²) in [5.74, 6) is 1.37. The highest BCUT2D eigenvalue weighted by molar-refractivity contribution is 14.0. The van der Waals surface area contributed by atoms with Crippen LogP contribution in [-0.4, -0.2) is 63.3 Å². The minimum Gasteiger partial charge on any atom is -0.385 e. The maximum absolute atomic E-state index is 5.15. The largest absolute Gasteiger partial charge is 0.385 e. The van der Waals surface area contributed by atoms with Gasteiger partial charge in [-0.15, -0.1) is 24.0 Å². The van der Waals surface area contributed by atoms with Crippen LogP contribution in [0.5, 0.6) is 0 Å². The molecular weight excluding hydrogens is 463 g/mol. The van der Waals surface area contributed by atoms with Gasteiger partial charge in [0, 0.05) is 58.4 Å². The van der Waals surface area contributed by atoms with Crippen molar-refractivity contribution in [1.82, 2.24) is 15.5 Å². The Hall–Kier alpha value is -0.860. The number of aliphatic imine (C=N–C) groups is 1. The number of ether oxygens (including phenoxy) is 1. The summed E-state index contributed by atoms with van der Waals surface area (Å²) in [6.45, 7) is 12.5. The Balaban J connectivity index is 0.00000392. The Morgan fingerprint density at radius 1 is 1.25 bits per heavy atom. The van der Waals surface area contributed by atoms with Crippen LogP contribution in [0.3, 0.4) is 0 Å². The average molecular weight is 502 g/mol. The number of hydrogen-bond donors (Lipinski definition) is 2. The lowest BCUT2D eigenvalue weighted by Gasteiger charge is -2.33. The molecule has 0 aromatic heterocycles. The van der Waals surface area contributed by atoms with Crippen molar-refractivity contribution < 1.29 is 4.74 Å². The van der Waals surface area contributed by atoms with Gasteiger partial charge in [0.25, 0.3) is 0 Å². The summed E-state index contributed by atoms with van der Waals surface area (Å²) in [5.41, 5.74) is 2.66. The zero-order chi connectivity index (χ0) is 19.5. The van der Waals surface area contributed by atoms with E-state index in [9.17, 15) is 0 Å². The maximum Gasteiger partial charge on any atom is 0.191 e. The van der Waals surface area contributed by atoms with Crippen molar-refractivity contribution in [1.29, 1.82) is 0 Å². The van der Waals surface area contributed by atoms with Gasteiger partial charge in [-0.1, -0.05) is 36.8 Å². The smallest absolute Gasteiger partial charge is 0.191 e. The van der Waals surface area contributed by atoms with E-state index in [-0.39, 0.29) is 24.0 Å². The Morgan fingerprint density at radius 2 is 1.93 bits per heavy atom. The number of hydrogen-bond acceptors (Lipinski definition) is 3. The molecule has 0 saturated carbocycles. The standard InChI is InChI=1S/C22H38N4O.HI/c1-5-23-22(24-17-19(3)20-9-7-18(2)8-10-20)25-21-11-14-26(15-12-21)13-6-16-27-4;/h7-10,19,21H,5-6,11-17H2,1-4H3,(H2,23,24,25);1H. The van der Waals surface area contributed by atoms with Crippen LogP contribution in [0.15, 0.2) is 29.3 Å². The highest BCUT2D eigenvalue weighted by atomic mass is 127. The van der Waals surface area contributed by atoms with Gasteiger partial charge in [0.1, 0.15) is 0 Å². The maximum atomic E-state index is 5.15. The molecule has 2 N–H and O–H groups in total. The predicted octanol–water partition coefficient (Wildman–Crippen LogP) is 3.77. The van der Waals surface area contributed by atoms with Crippen LogP contribution in [-0.2, 0) is 4.74 Å². The number of halogens is 1. The van der Waals surface area contributed by atoms with Gasteiger partial charge in [0.05, 0.1) is 0 Å². The third-order valence-electron chi connectivity index (χ3n) is 5.27. The van der Waals surface area contributed by atoms with Crippen molar-refractivity contribution in [3.63, 3.8) is 0 Å². The summed E-state index contributed by atoms with van der Waals surface area (Å²) in [7, 11) is 1.78. The number of methoxy groups -OCH3 is 1. The van der Waals surface area contributed by atoms with Gasteiger partial charge < -0.3 is 20.3 Å². The Kier molecular flexibility index (Phi) is 12.7. The molecule has 1 aromatic rings. The molecule has 0 aliphatic carbocycles. The molecule has 1 unspecified atom stereocenters. The van der Waals surface area contributed by atoms with Gasteiger partial charge in [0.2, 0.25) is 0 Å². The normalized spacial score (nSPS) is 17.1. The van der Waals surface area contributed by atoms with Crippen molar-refractivity contribution in [2.75, 3.05) is 46.4 Å². The molecule has 1 aliphatic heterocycles. The summed E-state index contributed by atoms with van der Waals surface area (Å²) in [6, 6.07) is 9.31. The second-order valence-corrected chi connectivity index (χ2v) is 7.64. The van der Waals surface area contributed by atoms with E-state index in [0.29, 0.717) is 12.0 Å². The Bertz CT molecular complexity index is 556. The number of nitrogens with zero attached hydrogens (tertiary/aromatic N) is 2. The SMILES string of the molecule is CCNC(=NCC(C)c1ccc(C)cc1)NC1CCN(CCCOC)CC1.I. The molecule has 1 saturated heterocycles. The third kappa shape index (κ3) is 9.09. The van der Waals surface area contributed by atoms with Crippen molar-refractivity contribution in [3.8, 4) is 0 Å². The molecule has 1 atom stereocenters. The van der Waals surface area contributed by atoms with E-state index >= 15 is 0 Å². The van der Waals surface area contributed by atoms with E-state index in [4.69, 9.17) is 9.73 Å². The first-order valence-electron chi connectivity index (χ1n) is 10.4. The Labute approximate surface area is 188 Å². The zero-order valence-electron chi connectivity index (χ0n) is 18.0. The highest BCUT2D eigenvalue weighted by Gasteiger charge is 2.19. The second-order valence-electron chi connectivity index (χ2n) is 7.64. The molecule has 6 heteroatoms. The lowest BCUT2D eigenvalue weighted by Crippen LogP contribution is -2.49. The third-order valence-corrected chi connectivity index (χ3v) is 5.27. The van der Waals surface area contributed by atoms with E-state index < -0.39 is 0 Å². The van der Waals surface area contributed by atoms with Crippen LogP contribution < -0.4 is 10.6 Å². The number of benzene rings is 1. The monoisotopic (exact) mass is 502 g/mol. The van der Waals surface area contributed by atoms with Crippen molar-refractivity contribution in [2.45, 2.75) is 52.0 Å². The first-order valence-corrected chi connectivity index (χ1v) is 10.4. The highest BCUT2D eigenvalue weighted by Crippen LogP contribution is 2.16. The van der Waals surface area contributed by atoms with Gasteiger partial charge in [0.15, 0.2) is 5.96 Å². The van der Waals surface area contributed by atoms with Gasteiger partial charge >= 0.3 is 0 Å². The Morgan fingerprint density at radius 3 is 2.54 bits per heavy atom. The topological polar surface area (TPSA) is 48.9 Å². The van der Waals surface area contributed by atoms with Crippen LogP contribution in [0.2, 0.25) is 0 Å². The van der Waals surface area contributed by atoms with Crippen molar-refractivity contribution >= 4 is 29.9 Å². The predicted molar refractivity (Wildman–Crippen MR) is 130 cm³/mol. The molecule has 0 bridgehead atoms. The quantitative estimate of drug-likeness (QED) is 0.234. The molecule has 1 aliphatic rings. The van der Waals surface area contributed by atoms with Crippen LogP contribution in [0.1, 0.15) is 50.2 Å². The van der Waals surface area contributed by atoms with Crippen molar-refractivity contribution in [2.24, 2.45) is 4.99 Å². The molecule has 1 aromatic carbocycles. The lowest BCUT2D eigenvalue weighted by molar-refractivity contribution is 0.155. The molecule has 2 rings (SSSR count). The first kappa shape index (κ1) is 25.2. The molecule has 5 nitrogen and oxygen atoms in total. The fourth-order valence-corrected chi connectivity index (χ4v) is 3.48. The number of rotatable bonds is 9. The summed E-state index contributed by atoms with van der Waals surface area (Å²) in [6.07, 6.45) is 3.46. The van der Waals surface area contributed by atoms with E-state index in [1.807, 2.05) is 0 Å². The summed E-state index contributed by atoms with van der Waals surface area (Å²) in [4.78, 5) is 7.39. The van der Waals surface area contributed by atoms with E-state index in [1.54, 1.807) is 7.11 Å². The summed E-state index contributed by atoms with van der Waals surface area (Å²) < 4.78 is 5.15. The van der Waals surface area contributed by atoms with Gasteiger partial charge in [-0.25, -0.2) is 0 Å². The van der Waals surface area contributed by atoms with Crippen LogP contribution in [0, 0.1) is 6.92 Å². The number of guanidine groups is 1. The fraction of sp³-hybridized carbons (Fsp3) is 0.682. The average Bonchev–Trinajstić information content (AvgIpc) is 2.68. The summed E-state index contributed by atoms with van der Waals surface area (Å²) in [5, 5.41) is 7.06. The van der Waals surface area contributed by atoms with E-state index in [1.165, 1.54) is 24.0 Å². The van der Waals surface area contributed by atoms with Gasteiger partial charge in [-0.05, 0) is 38.7 Å². The molecule has 160 valence electrons. The van der Waals surface area contributed by atoms with Gasteiger partial charge in [-0.3, -0.25) is 4.99 Å². The molecular formula is C22H39IN4O. The number of aryl methyl sites for hydroxylation is 1. The summed E-state index contributed by atoms with van der Waals surface area (Å²) >= 11 is 0. The number of nitrogens with one attached hydrogen (secondary N) is 2. The second kappa shape index (κ2) is 14.2. The van der Waals surface area contributed by atoms with Crippen LogP contribution in [0.4, 0.5) is 0 Å². The first-order chi connectivity index (χ1) is 13.1. The zero-order valence-corrected chi connectivity index (χ0v) is 20.4. The van der Waals surface area contributed by atoms with Crippen LogP contribution >= 0.6 is 24.0 Å². The molecule has 1 fully saturated rings.